The van der Waals surface area contributed by atoms with Gasteiger partial charge in [0, 0.05) is 17.3 Å². The van der Waals surface area contributed by atoms with Gasteiger partial charge in [-0.05, 0) is 54.2 Å². The van der Waals surface area contributed by atoms with E-state index in [-0.39, 0.29) is 23.1 Å². The van der Waals surface area contributed by atoms with E-state index in [1.54, 1.807) is 11.8 Å². The summed E-state index contributed by atoms with van der Waals surface area (Å²) in [5.41, 5.74) is 4.11. The van der Waals surface area contributed by atoms with E-state index in [4.69, 9.17) is 0 Å². The molecule has 4 rings (SSSR count). The van der Waals surface area contributed by atoms with E-state index >= 15 is 0 Å². The van der Waals surface area contributed by atoms with E-state index in [9.17, 15) is 9.59 Å². The summed E-state index contributed by atoms with van der Waals surface area (Å²) in [5.74, 6) is 1.37. The van der Waals surface area contributed by atoms with Crippen LogP contribution in [-0.4, -0.2) is 17.6 Å². The molecule has 2 aliphatic rings. The molecule has 2 amide bonds. The Labute approximate surface area is 177 Å². The molecule has 2 aromatic carbocycles. The quantitative estimate of drug-likeness (QED) is 0.689. The van der Waals surface area contributed by atoms with Crippen molar-refractivity contribution in [3.63, 3.8) is 0 Å². The monoisotopic (exact) mass is 408 g/mol. The molecular formula is C24H28N2O2S. The minimum absolute atomic E-state index is 0.0352. The topological polar surface area (TPSA) is 49.4 Å². The Bertz CT molecular complexity index is 871. The van der Waals surface area contributed by atoms with Gasteiger partial charge in [0.25, 0.3) is 0 Å². The number of nitrogens with one attached hydrogen (secondary N) is 1. The van der Waals surface area contributed by atoms with E-state index in [1.165, 1.54) is 5.56 Å². The number of amides is 2. The average Bonchev–Trinajstić information content (AvgIpc) is 3.39. The second kappa shape index (κ2) is 8.62. The Morgan fingerprint density at radius 1 is 1.03 bits per heavy atom. The second-order valence-corrected chi connectivity index (χ2v) is 9.33. The number of rotatable bonds is 5. The molecule has 152 valence electrons. The Morgan fingerprint density at radius 2 is 1.69 bits per heavy atom. The lowest BCUT2D eigenvalue weighted by Crippen LogP contribution is -2.27. The van der Waals surface area contributed by atoms with Gasteiger partial charge in [-0.1, -0.05) is 51.0 Å². The van der Waals surface area contributed by atoms with Crippen LogP contribution in [0.1, 0.15) is 61.9 Å². The number of nitrogens with zero attached hydrogens (tertiary/aromatic N) is 1. The van der Waals surface area contributed by atoms with E-state index < -0.39 is 0 Å². The first-order valence-corrected chi connectivity index (χ1v) is 11.5. The molecule has 0 bridgehead atoms. The minimum atomic E-state index is -0.0352. The van der Waals surface area contributed by atoms with Crippen molar-refractivity contribution < 1.29 is 9.59 Å². The highest BCUT2D eigenvalue weighted by Crippen LogP contribution is 2.42. The van der Waals surface area contributed by atoms with Crippen molar-refractivity contribution in [3.8, 4) is 0 Å². The summed E-state index contributed by atoms with van der Waals surface area (Å²) < 4.78 is 0. The average molecular weight is 409 g/mol. The maximum Gasteiger partial charge on any atom is 0.238 e. The zero-order chi connectivity index (χ0) is 20.4. The van der Waals surface area contributed by atoms with Gasteiger partial charge in [0.05, 0.1) is 5.75 Å². The first kappa shape index (κ1) is 20.0. The van der Waals surface area contributed by atoms with Crippen LogP contribution in [0.15, 0.2) is 48.5 Å². The van der Waals surface area contributed by atoms with E-state index in [1.807, 2.05) is 41.3 Å². The Morgan fingerprint density at radius 3 is 2.31 bits per heavy atom. The van der Waals surface area contributed by atoms with Crippen molar-refractivity contribution in [1.29, 1.82) is 0 Å². The van der Waals surface area contributed by atoms with Crippen molar-refractivity contribution >= 4 is 35.0 Å². The highest BCUT2D eigenvalue weighted by atomic mass is 32.2. The Balaban J connectivity index is 1.49. The summed E-state index contributed by atoms with van der Waals surface area (Å²) in [7, 11) is 0. The molecule has 4 nitrogen and oxygen atoms in total. The summed E-state index contributed by atoms with van der Waals surface area (Å²) in [6.07, 6.45) is 4.29. The van der Waals surface area contributed by atoms with Gasteiger partial charge in [-0.3, -0.25) is 14.5 Å². The van der Waals surface area contributed by atoms with Crippen molar-refractivity contribution in [2.75, 3.05) is 16.0 Å². The van der Waals surface area contributed by atoms with E-state index in [0.29, 0.717) is 11.7 Å². The SMILES string of the molecule is CC(C)c1ccc(N2C(=O)CS[C@@H]2c2ccc(NC(=O)C3CCCC3)cc2)cc1. The van der Waals surface area contributed by atoms with Crippen LogP contribution in [0.25, 0.3) is 0 Å². The van der Waals surface area contributed by atoms with E-state index in [2.05, 4.69) is 31.3 Å². The summed E-state index contributed by atoms with van der Waals surface area (Å²) in [6, 6.07) is 16.2. The molecule has 2 aromatic rings. The van der Waals surface area contributed by atoms with Gasteiger partial charge in [-0.25, -0.2) is 0 Å². The highest BCUT2D eigenvalue weighted by molar-refractivity contribution is 8.00. The molecule has 5 heteroatoms. The van der Waals surface area contributed by atoms with Gasteiger partial charge in [0.1, 0.15) is 5.37 Å². The molecule has 1 saturated heterocycles. The number of thioether (sulfide) groups is 1. The highest BCUT2D eigenvalue weighted by Gasteiger charge is 2.34. The standard InChI is InChI=1S/C24H28N2O2S/c1-16(2)17-9-13-21(14-10-17)26-22(27)15-29-24(26)19-7-11-20(12-8-19)25-23(28)18-5-3-4-6-18/h7-14,16,18,24H,3-6,15H2,1-2H3,(H,25,28)/t24-/m1/s1. The van der Waals surface area contributed by atoms with Gasteiger partial charge < -0.3 is 5.32 Å². The molecular weight excluding hydrogens is 380 g/mol. The number of benzene rings is 2. The molecule has 1 N–H and O–H groups in total. The Kier molecular flexibility index (Phi) is 5.95. The van der Waals surface area contributed by atoms with Crippen molar-refractivity contribution in [2.24, 2.45) is 5.92 Å². The number of carbonyl (C=O) groups is 2. The maximum atomic E-state index is 12.6. The van der Waals surface area contributed by atoms with E-state index in [0.717, 1.165) is 42.6 Å². The fraction of sp³-hybridized carbons (Fsp3) is 0.417. The third-order valence-electron chi connectivity index (χ3n) is 5.90. The van der Waals surface area contributed by atoms with Crippen molar-refractivity contribution in [3.05, 3.63) is 59.7 Å². The summed E-state index contributed by atoms with van der Waals surface area (Å²) in [5, 5.41) is 3.01. The molecule has 29 heavy (non-hydrogen) atoms. The van der Waals surface area contributed by atoms with Gasteiger partial charge in [-0.15, -0.1) is 11.8 Å². The molecule has 1 aliphatic heterocycles. The van der Waals surface area contributed by atoms with Crippen LogP contribution in [0.2, 0.25) is 0 Å². The molecule has 0 radical (unpaired) electrons. The molecule has 1 atom stereocenters. The number of hydrogen-bond donors (Lipinski definition) is 1. The predicted molar refractivity (Wildman–Crippen MR) is 120 cm³/mol. The zero-order valence-corrected chi connectivity index (χ0v) is 17.9. The summed E-state index contributed by atoms with van der Waals surface area (Å²) in [6.45, 7) is 4.34. The first-order chi connectivity index (χ1) is 14.0. The third-order valence-corrected chi connectivity index (χ3v) is 7.11. The number of hydrogen-bond acceptors (Lipinski definition) is 3. The lowest BCUT2D eigenvalue weighted by atomic mass is 10.0. The van der Waals surface area contributed by atoms with Crippen LogP contribution in [0, 0.1) is 5.92 Å². The molecule has 0 aromatic heterocycles. The van der Waals surface area contributed by atoms with Crippen LogP contribution >= 0.6 is 11.8 Å². The molecule has 2 fully saturated rings. The lowest BCUT2D eigenvalue weighted by Gasteiger charge is -2.25. The smallest absolute Gasteiger partial charge is 0.238 e. The second-order valence-electron chi connectivity index (χ2n) is 8.27. The van der Waals surface area contributed by atoms with Crippen LogP contribution in [0.5, 0.6) is 0 Å². The molecule has 0 unspecified atom stereocenters. The molecule has 0 spiro atoms. The fourth-order valence-electron chi connectivity index (χ4n) is 4.13. The largest absolute Gasteiger partial charge is 0.326 e. The van der Waals surface area contributed by atoms with Crippen LogP contribution < -0.4 is 10.2 Å². The van der Waals surface area contributed by atoms with Crippen molar-refractivity contribution in [1.82, 2.24) is 0 Å². The normalized spacial score (nSPS) is 19.9. The summed E-state index contributed by atoms with van der Waals surface area (Å²) >= 11 is 1.65. The predicted octanol–water partition coefficient (Wildman–Crippen LogP) is 5.72. The summed E-state index contributed by atoms with van der Waals surface area (Å²) in [4.78, 5) is 26.8. The fourth-order valence-corrected chi connectivity index (χ4v) is 5.31. The van der Waals surface area contributed by atoms with Crippen LogP contribution in [0.4, 0.5) is 11.4 Å². The third kappa shape index (κ3) is 4.35. The van der Waals surface area contributed by atoms with Crippen LogP contribution in [-0.2, 0) is 9.59 Å². The van der Waals surface area contributed by atoms with Gasteiger partial charge >= 0.3 is 0 Å². The lowest BCUT2D eigenvalue weighted by molar-refractivity contribution is -0.119. The molecule has 1 saturated carbocycles. The van der Waals surface area contributed by atoms with Gasteiger partial charge in [0.2, 0.25) is 11.8 Å². The minimum Gasteiger partial charge on any atom is -0.326 e. The van der Waals surface area contributed by atoms with Gasteiger partial charge in [-0.2, -0.15) is 0 Å². The zero-order valence-electron chi connectivity index (χ0n) is 17.1. The van der Waals surface area contributed by atoms with Crippen molar-refractivity contribution in [2.45, 2.75) is 50.8 Å². The number of carbonyl (C=O) groups excluding carboxylic acids is 2. The molecule has 1 aliphatic carbocycles. The van der Waals surface area contributed by atoms with Gasteiger partial charge in [0.15, 0.2) is 0 Å². The Hall–Kier alpha value is -2.27. The van der Waals surface area contributed by atoms with Crippen LogP contribution in [0.3, 0.4) is 0 Å². The maximum absolute atomic E-state index is 12.6. The first-order valence-electron chi connectivity index (χ1n) is 10.5. The molecule has 1 heterocycles. The number of anilines is 2.